The fourth-order valence-corrected chi connectivity index (χ4v) is 2.61. The van der Waals surface area contributed by atoms with Crippen molar-refractivity contribution in [1.82, 2.24) is 14.7 Å². The Morgan fingerprint density at radius 3 is 2.12 bits per heavy atom. The molecule has 0 atom stereocenters. The van der Waals surface area contributed by atoms with Crippen LogP contribution in [0.5, 0.6) is 0 Å². The Bertz CT molecular complexity index is 289. The molecular weight excluding hydrogens is 214 g/mol. The highest BCUT2D eigenvalue weighted by Gasteiger charge is 2.21. The highest BCUT2D eigenvalue weighted by atomic mass is 16.2. The molecule has 1 amide bonds. The summed E-state index contributed by atoms with van der Waals surface area (Å²) in [6.07, 6.45) is 2.61. The molecule has 0 aliphatic carbocycles. The predicted octanol–water partition coefficient (Wildman–Crippen LogP) is 0.760. The Kier molecular flexibility index (Phi) is 4.05. The number of piperazine rings is 1. The average molecular weight is 237 g/mol. The summed E-state index contributed by atoms with van der Waals surface area (Å²) in [4.78, 5) is 17.9. The summed E-state index contributed by atoms with van der Waals surface area (Å²) in [6.45, 7) is 12.8. The molecule has 0 aromatic carbocycles. The molecule has 0 N–H and O–H groups in total. The molecule has 2 heterocycles. The summed E-state index contributed by atoms with van der Waals surface area (Å²) in [7, 11) is 0. The summed E-state index contributed by atoms with van der Waals surface area (Å²) in [6, 6.07) is 0. The number of amides is 1. The molecule has 2 aliphatic rings. The first kappa shape index (κ1) is 12.4. The zero-order valence-electron chi connectivity index (χ0n) is 10.8. The van der Waals surface area contributed by atoms with Crippen LogP contribution in [-0.4, -0.2) is 66.4 Å². The van der Waals surface area contributed by atoms with Gasteiger partial charge in [0.2, 0.25) is 5.91 Å². The number of likely N-dealkylation sites (tertiary alicyclic amines) is 1. The summed E-state index contributed by atoms with van der Waals surface area (Å²) in [5.41, 5.74) is 1.25. The molecule has 0 saturated carbocycles. The molecule has 2 aliphatic heterocycles. The zero-order valence-corrected chi connectivity index (χ0v) is 10.8. The van der Waals surface area contributed by atoms with E-state index in [1.165, 1.54) is 31.6 Å². The second-order valence-electron chi connectivity index (χ2n) is 5.04. The van der Waals surface area contributed by atoms with Crippen LogP contribution < -0.4 is 0 Å². The third-order valence-corrected chi connectivity index (χ3v) is 3.78. The van der Waals surface area contributed by atoms with Gasteiger partial charge in [0.15, 0.2) is 0 Å². The van der Waals surface area contributed by atoms with Gasteiger partial charge in [-0.1, -0.05) is 6.58 Å². The van der Waals surface area contributed by atoms with E-state index in [0.717, 1.165) is 32.7 Å². The second kappa shape index (κ2) is 5.54. The topological polar surface area (TPSA) is 26.8 Å². The summed E-state index contributed by atoms with van der Waals surface area (Å²) in [5, 5.41) is 0. The van der Waals surface area contributed by atoms with Crippen LogP contribution in [0.1, 0.15) is 19.8 Å². The number of hydrogen-bond acceptors (Lipinski definition) is 3. The Labute approximate surface area is 104 Å². The SMILES string of the molecule is C=C(CN1CCN(C(C)=O)CC1)N1CCCC1. The normalized spacial score (nSPS) is 21.9. The van der Waals surface area contributed by atoms with Gasteiger partial charge in [0, 0.05) is 58.4 Å². The molecule has 2 fully saturated rings. The van der Waals surface area contributed by atoms with Crippen molar-refractivity contribution in [2.45, 2.75) is 19.8 Å². The van der Waals surface area contributed by atoms with Crippen molar-refractivity contribution < 1.29 is 4.79 Å². The molecule has 0 aromatic heterocycles. The van der Waals surface area contributed by atoms with Crippen LogP contribution in [0.15, 0.2) is 12.3 Å². The minimum absolute atomic E-state index is 0.197. The number of rotatable bonds is 3. The van der Waals surface area contributed by atoms with Crippen LogP contribution >= 0.6 is 0 Å². The van der Waals surface area contributed by atoms with Crippen LogP contribution in [0.4, 0.5) is 0 Å². The maximum atomic E-state index is 11.2. The average Bonchev–Trinajstić information content (AvgIpc) is 2.83. The van der Waals surface area contributed by atoms with E-state index in [1.54, 1.807) is 6.92 Å². The summed E-state index contributed by atoms with van der Waals surface area (Å²) >= 11 is 0. The van der Waals surface area contributed by atoms with Gasteiger partial charge in [0.05, 0.1) is 0 Å². The van der Waals surface area contributed by atoms with Gasteiger partial charge >= 0.3 is 0 Å². The van der Waals surface area contributed by atoms with E-state index in [0.29, 0.717) is 0 Å². The van der Waals surface area contributed by atoms with E-state index < -0.39 is 0 Å². The molecule has 2 rings (SSSR count). The number of carbonyl (C=O) groups is 1. The fourth-order valence-electron chi connectivity index (χ4n) is 2.61. The quantitative estimate of drug-likeness (QED) is 0.725. The number of hydrogen-bond donors (Lipinski definition) is 0. The standard InChI is InChI=1S/C13H23N3O/c1-12(15-5-3-4-6-15)11-14-7-9-16(10-8-14)13(2)17/h1,3-11H2,2H3. The zero-order chi connectivity index (χ0) is 12.3. The highest BCUT2D eigenvalue weighted by Crippen LogP contribution is 2.15. The van der Waals surface area contributed by atoms with Crippen molar-refractivity contribution >= 4 is 5.91 Å². The largest absolute Gasteiger partial charge is 0.374 e. The first-order valence-corrected chi connectivity index (χ1v) is 6.57. The van der Waals surface area contributed by atoms with Gasteiger partial charge < -0.3 is 9.80 Å². The van der Waals surface area contributed by atoms with Crippen molar-refractivity contribution in [1.29, 1.82) is 0 Å². The van der Waals surface area contributed by atoms with E-state index in [4.69, 9.17) is 0 Å². The maximum Gasteiger partial charge on any atom is 0.219 e. The molecular formula is C13H23N3O. The lowest BCUT2D eigenvalue weighted by atomic mass is 10.3. The van der Waals surface area contributed by atoms with E-state index >= 15 is 0 Å². The molecule has 4 heteroatoms. The third kappa shape index (κ3) is 3.22. The molecule has 2 saturated heterocycles. The first-order chi connectivity index (χ1) is 8.16. The van der Waals surface area contributed by atoms with Gasteiger partial charge in [0.25, 0.3) is 0 Å². The van der Waals surface area contributed by atoms with E-state index in [-0.39, 0.29) is 5.91 Å². The van der Waals surface area contributed by atoms with E-state index in [9.17, 15) is 4.79 Å². The molecule has 0 bridgehead atoms. The van der Waals surface area contributed by atoms with Crippen LogP contribution in [0, 0.1) is 0 Å². The monoisotopic (exact) mass is 237 g/mol. The van der Waals surface area contributed by atoms with Crippen molar-refractivity contribution in [3.63, 3.8) is 0 Å². The summed E-state index contributed by atoms with van der Waals surface area (Å²) < 4.78 is 0. The molecule has 0 spiro atoms. The van der Waals surface area contributed by atoms with E-state index in [1.807, 2.05) is 4.90 Å². The second-order valence-corrected chi connectivity index (χ2v) is 5.04. The van der Waals surface area contributed by atoms with Gasteiger partial charge in [-0.15, -0.1) is 0 Å². The lowest BCUT2D eigenvalue weighted by molar-refractivity contribution is -0.130. The number of carbonyl (C=O) groups excluding carboxylic acids is 1. The van der Waals surface area contributed by atoms with Gasteiger partial charge in [-0.25, -0.2) is 0 Å². The molecule has 96 valence electrons. The van der Waals surface area contributed by atoms with Crippen molar-refractivity contribution in [3.8, 4) is 0 Å². The predicted molar refractivity (Wildman–Crippen MR) is 68.6 cm³/mol. The maximum absolute atomic E-state index is 11.2. The fraction of sp³-hybridized carbons (Fsp3) is 0.769. The van der Waals surface area contributed by atoms with Crippen molar-refractivity contribution in [2.24, 2.45) is 0 Å². The third-order valence-electron chi connectivity index (χ3n) is 3.78. The van der Waals surface area contributed by atoms with Crippen LogP contribution in [0.25, 0.3) is 0 Å². The van der Waals surface area contributed by atoms with Gasteiger partial charge in [-0.05, 0) is 12.8 Å². The summed E-state index contributed by atoms with van der Waals surface area (Å²) in [5.74, 6) is 0.197. The molecule has 0 aromatic rings. The van der Waals surface area contributed by atoms with Crippen LogP contribution in [0.3, 0.4) is 0 Å². The Morgan fingerprint density at radius 1 is 1.00 bits per heavy atom. The van der Waals surface area contributed by atoms with E-state index in [2.05, 4.69) is 16.4 Å². The van der Waals surface area contributed by atoms with Gasteiger partial charge in [-0.2, -0.15) is 0 Å². The lowest BCUT2D eigenvalue weighted by Crippen LogP contribution is -2.49. The first-order valence-electron chi connectivity index (χ1n) is 6.57. The lowest BCUT2D eigenvalue weighted by Gasteiger charge is -2.35. The Morgan fingerprint density at radius 2 is 1.59 bits per heavy atom. The van der Waals surface area contributed by atoms with Crippen LogP contribution in [0.2, 0.25) is 0 Å². The van der Waals surface area contributed by atoms with Crippen molar-refractivity contribution in [3.05, 3.63) is 12.3 Å². The smallest absolute Gasteiger partial charge is 0.219 e. The van der Waals surface area contributed by atoms with Crippen molar-refractivity contribution in [2.75, 3.05) is 45.8 Å². The van der Waals surface area contributed by atoms with Gasteiger partial charge in [0.1, 0.15) is 0 Å². The highest BCUT2D eigenvalue weighted by molar-refractivity contribution is 5.73. The molecule has 4 nitrogen and oxygen atoms in total. The van der Waals surface area contributed by atoms with Gasteiger partial charge in [-0.3, -0.25) is 9.69 Å². The minimum Gasteiger partial charge on any atom is -0.374 e. The Hall–Kier alpha value is -1.03. The molecule has 0 radical (unpaired) electrons. The molecule has 17 heavy (non-hydrogen) atoms. The minimum atomic E-state index is 0.197. The molecule has 0 unspecified atom stereocenters. The van der Waals surface area contributed by atoms with Crippen LogP contribution in [-0.2, 0) is 4.79 Å². The number of nitrogens with zero attached hydrogens (tertiary/aromatic N) is 3. The Balaban J connectivity index is 1.74.